The van der Waals surface area contributed by atoms with E-state index in [1.165, 1.54) is 295 Å². The van der Waals surface area contributed by atoms with Crippen molar-refractivity contribution in [1.82, 2.24) is 0 Å². The summed E-state index contributed by atoms with van der Waals surface area (Å²) in [5.41, 5.74) is 5.19. The predicted molar refractivity (Wildman–Crippen MR) is 236 cm³/mol. The summed E-state index contributed by atoms with van der Waals surface area (Å²) in [6.07, 6.45) is 68.6. The molecule has 0 aromatic heterocycles. The maximum Gasteiger partial charge on any atom is 0.217 e. The maximum atomic E-state index is 10.7. The van der Waals surface area contributed by atoms with E-state index in [2.05, 4.69) is 6.92 Å². The summed E-state index contributed by atoms with van der Waals surface area (Å²) in [5, 5.41) is 0. The quantitative estimate of drug-likeness (QED) is 0.0622. The van der Waals surface area contributed by atoms with Crippen molar-refractivity contribution >= 4 is 5.91 Å². The second kappa shape index (κ2) is 48.5. The molecule has 0 saturated carbocycles. The highest BCUT2D eigenvalue weighted by Crippen LogP contribution is 2.18. The molecule has 0 spiro atoms. The Morgan fingerprint density at radius 1 is 0.231 bits per heavy atom. The fourth-order valence-corrected chi connectivity index (χ4v) is 8.33. The van der Waals surface area contributed by atoms with E-state index < -0.39 is 0 Å². The SMILES string of the molecule is CCCCCCCCCCCCCCCCCCCCCCCCCCCCCCCCCCCCCCCCCCCCCCCCCC(N)=O. The van der Waals surface area contributed by atoms with Crippen LogP contribution in [0.3, 0.4) is 0 Å². The number of hydrogen-bond acceptors (Lipinski definition) is 1. The number of rotatable bonds is 48. The van der Waals surface area contributed by atoms with E-state index in [0.717, 1.165) is 6.42 Å². The highest BCUT2D eigenvalue weighted by Gasteiger charge is 1.99. The van der Waals surface area contributed by atoms with Crippen LogP contribution >= 0.6 is 0 Å². The number of nitrogens with two attached hydrogens (primary N) is 1. The fourth-order valence-electron chi connectivity index (χ4n) is 8.33. The van der Waals surface area contributed by atoms with Gasteiger partial charge in [0.05, 0.1) is 0 Å². The highest BCUT2D eigenvalue weighted by molar-refractivity contribution is 5.73. The zero-order valence-electron chi connectivity index (χ0n) is 36.4. The Hall–Kier alpha value is -0.530. The lowest BCUT2D eigenvalue weighted by Gasteiger charge is -2.05. The molecule has 2 nitrogen and oxygen atoms in total. The summed E-state index contributed by atoms with van der Waals surface area (Å²) in [7, 11) is 0. The van der Waals surface area contributed by atoms with Gasteiger partial charge in [-0.1, -0.05) is 302 Å². The van der Waals surface area contributed by atoms with Gasteiger partial charge in [-0.3, -0.25) is 4.79 Å². The van der Waals surface area contributed by atoms with Crippen LogP contribution in [0.4, 0.5) is 0 Å². The topological polar surface area (TPSA) is 43.1 Å². The molecule has 312 valence electrons. The average Bonchev–Trinajstić information content (AvgIpc) is 3.14. The van der Waals surface area contributed by atoms with E-state index >= 15 is 0 Å². The summed E-state index contributed by atoms with van der Waals surface area (Å²) in [5.74, 6) is -0.146. The molecule has 0 aliphatic carbocycles. The molecule has 0 aliphatic rings. The van der Waals surface area contributed by atoms with Crippen LogP contribution in [0.15, 0.2) is 0 Å². The first kappa shape index (κ1) is 51.5. The lowest BCUT2D eigenvalue weighted by atomic mass is 10.0. The molecule has 0 rings (SSSR count). The summed E-state index contributed by atoms with van der Waals surface area (Å²) >= 11 is 0. The van der Waals surface area contributed by atoms with Crippen LogP contribution in [0.2, 0.25) is 0 Å². The first-order valence-electron chi connectivity index (χ1n) is 25.1. The van der Waals surface area contributed by atoms with Crippen LogP contribution in [0.1, 0.15) is 315 Å². The summed E-state index contributed by atoms with van der Waals surface area (Å²) < 4.78 is 0. The molecule has 0 saturated heterocycles. The third-order valence-electron chi connectivity index (χ3n) is 12.0. The maximum absolute atomic E-state index is 10.7. The highest BCUT2D eigenvalue weighted by atomic mass is 16.1. The largest absolute Gasteiger partial charge is 0.370 e. The summed E-state index contributed by atoms with van der Waals surface area (Å²) in [6, 6.07) is 0. The van der Waals surface area contributed by atoms with Crippen molar-refractivity contribution in [1.29, 1.82) is 0 Å². The van der Waals surface area contributed by atoms with Gasteiger partial charge in [0.1, 0.15) is 0 Å². The van der Waals surface area contributed by atoms with Crippen molar-refractivity contribution in [3.05, 3.63) is 0 Å². The van der Waals surface area contributed by atoms with Gasteiger partial charge in [-0.25, -0.2) is 0 Å². The minimum atomic E-state index is -0.146. The Morgan fingerprint density at radius 3 is 0.462 bits per heavy atom. The molecule has 0 aromatic carbocycles. The van der Waals surface area contributed by atoms with Crippen molar-refractivity contribution in [3.63, 3.8) is 0 Å². The van der Waals surface area contributed by atoms with Gasteiger partial charge in [-0.15, -0.1) is 0 Å². The molecule has 0 aliphatic heterocycles. The lowest BCUT2D eigenvalue weighted by Crippen LogP contribution is -2.09. The van der Waals surface area contributed by atoms with Crippen molar-refractivity contribution in [3.8, 4) is 0 Å². The zero-order chi connectivity index (χ0) is 37.5. The van der Waals surface area contributed by atoms with E-state index in [1.807, 2.05) is 0 Å². The second-order valence-electron chi connectivity index (χ2n) is 17.5. The molecule has 0 bridgehead atoms. The number of amides is 1. The smallest absolute Gasteiger partial charge is 0.217 e. The van der Waals surface area contributed by atoms with E-state index in [9.17, 15) is 4.79 Å². The van der Waals surface area contributed by atoms with Crippen molar-refractivity contribution in [2.24, 2.45) is 5.73 Å². The van der Waals surface area contributed by atoms with Gasteiger partial charge in [-0.05, 0) is 6.42 Å². The predicted octanol–water partition coefficient (Wildman–Crippen LogP) is 18.2. The van der Waals surface area contributed by atoms with E-state index in [4.69, 9.17) is 5.73 Å². The molecular formula is C50H101NO. The second-order valence-corrected chi connectivity index (χ2v) is 17.5. The fraction of sp³-hybridized carbons (Fsp3) is 0.980. The van der Waals surface area contributed by atoms with E-state index in [-0.39, 0.29) is 5.91 Å². The van der Waals surface area contributed by atoms with Crippen LogP contribution in [0.5, 0.6) is 0 Å². The first-order chi connectivity index (χ1) is 25.8. The van der Waals surface area contributed by atoms with Crippen molar-refractivity contribution in [2.45, 2.75) is 315 Å². The van der Waals surface area contributed by atoms with Crippen molar-refractivity contribution < 1.29 is 4.79 Å². The summed E-state index contributed by atoms with van der Waals surface area (Å²) in [4.78, 5) is 10.7. The molecule has 52 heavy (non-hydrogen) atoms. The number of hydrogen-bond donors (Lipinski definition) is 1. The monoisotopic (exact) mass is 732 g/mol. The standard InChI is InChI=1S/C50H101NO/c1-2-3-4-5-6-7-8-9-10-11-12-13-14-15-16-17-18-19-20-21-22-23-24-25-26-27-28-29-30-31-32-33-34-35-36-37-38-39-40-41-42-43-44-45-46-47-48-49-50(51)52/h2-49H2,1H3,(H2,51,52). The Balaban J connectivity index is 3.05. The van der Waals surface area contributed by atoms with Gasteiger partial charge in [0.25, 0.3) is 0 Å². The molecule has 0 aromatic rings. The van der Waals surface area contributed by atoms with Crippen LogP contribution in [0.25, 0.3) is 0 Å². The number of primary amides is 1. The minimum Gasteiger partial charge on any atom is -0.370 e. The number of carbonyl (C=O) groups excluding carboxylic acids is 1. The van der Waals surface area contributed by atoms with Gasteiger partial charge in [0.2, 0.25) is 5.91 Å². The zero-order valence-corrected chi connectivity index (χ0v) is 36.4. The molecule has 1 amide bonds. The average molecular weight is 732 g/mol. The van der Waals surface area contributed by atoms with Crippen LogP contribution in [0, 0.1) is 0 Å². The Morgan fingerprint density at radius 2 is 0.346 bits per heavy atom. The van der Waals surface area contributed by atoms with Gasteiger partial charge in [0.15, 0.2) is 0 Å². The third kappa shape index (κ3) is 49.5. The molecule has 2 N–H and O–H groups in total. The Labute approximate surface area is 330 Å². The van der Waals surface area contributed by atoms with Crippen LogP contribution < -0.4 is 5.73 Å². The molecule has 0 atom stereocenters. The third-order valence-corrected chi connectivity index (χ3v) is 12.0. The van der Waals surface area contributed by atoms with Gasteiger partial charge in [-0.2, -0.15) is 0 Å². The number of unbranched alkanes of at least 4 members (excludes halogenated alkanes) is 46. The Bertz CT molecular complexity index is 632. The number of carbonyl (C=O) groups is 1. The van der Waals surface area contributed by atoms with Gasteiger partial charge < -0.3 is 5.73 Å². The molecule has 2 heteroatoms. The molecule has 0 radical (unpaired) electrons. The molecule has 0 heterocycles. The lowest BCUT2D eigenvalue weighted by molar-refractivity contribution is -0.118. The molecule has 0 unspecified atom stereocenters. The van der Waals surface area contributed by atoms with E-state index in [0.29, 0.717) is 6.42 Å². The molecule has 0 fully saturated rings. The first-order valence-corrected chi connectivity index (χ1v) is 25.1. The van der Waals surface area contributed by atoms with Gasteiger partial charge in [0, 0.05) is 6.42 Å². The Kier molecular flexibility index (Phi) is 48.0. The minimum absolute atomic E-state index is 0.146. The van der Waals surface area contributed by atoms with Crippen LogP contribution in [-0.4, -0.2) is 5.91 Å². The van der Waals surface area contributed by atoms with Crippen LogP contribution in [-0.2, 0) is 4.79 Å². The van der Waals surface area contributed by atoms with E-state index in [1.54, 1.807) is 0 Å². The molecular weight excluding hydrogens is 631 g/mol. The van der Waals surface area contributed by atoms with Gasteiger partial charge >= 0.3 is 0 Å². The van der Waals surface area contributed by atoms with Crippen molar-refractivity contribution in [2.75, 3.05) is 0 Å². The normalized spacial score (nSPS) is 11.6. The summed E-state index contributed by atoms with van der Waals surface area (Å²) in [6.45, 7) is 2.31.